The van der Waals surface area contributed by atoms with Gasteiger partial charge in [0.2, 0.25) is 5.76 Å². The van der Waals surface area contributed by atoms with Crippen molar-refractivity contribution in [1.82, 2.24) is 0 Å². The number of nitrogens with zero attached hydrogens (tertiary/aromatic N) is 1. The number of amides is 1. The van der Waals surface area contributed by atoms with E-state index in [0.29, 0.717) is 39.8 Å². The first-order valence-electron chi connectivity index (χ1n) is 10.5. The smallest absolute Gasteiger partial charge is 0.295 e. The standard InChI is InChI=1S/C26H20ClNO5/c1-3-32-18-10-7-15(8-11-18)23-22-24(29)20-13-16(27)9-12-21(20)33-25(22)26(30)28(23)17-5-4-6-19(14-17)31-2/h4-14,23H,3H2,1-2H3. The first kappa shape index (κ1) is 21.1. The van der Waals surface area contributed by atoms with Crippen molar-refractivity contribution in [2.45, 2.75) is 13.0 Å². The van der Waals surface area contributed by atoms with Crippen LogP contribution >= 0.6 is 11.6 Å². The fourth-order valence-electron chi connectivity index (χ4n) is 4.20. The van der Waals surface area contributed by atoms with Crippen LogP contribution in [0, 0.1) is 0 Å². The van der Waals surface area contributed by atoms with Crippen LogP contribution < -0.4 is 19.8 Å². The summed E-state index contributed by atoms with van der Waals surface area (Å²) in [5, 5.41) is 0.749. The van der Waals surface area contributed by atoms with E-state index in [0.717, 1.165) is 5.56 Å². The summed E-state index contributed by atoms with van der Waals surface area (Å²) in [5.74, 6) is 0.927. The SMILES string of the molecule is CCOc1ccc(C2c3c(oc4ccc(Cl)cc4c3=O)C(=O)N2c2cccc(OC)c2)cc1. The van der Waals surface area contributed by atoms with Gasteiger partial charge in [0.15, 0.2) is 5.43 Å². The number of rotatable bonds is 5. The molecule has 6 nitrogen and oxygen atoms in total. The Balaban J connectivity index is 1.76. The molecule has 7 heteroatoms. The normalized spacial score (nSPS) is 15.1. The van der Waals surface area contributed by atoms with Crippen LogP contribution in [0.4, 0.5) is 5.69 Å². The van der Waals surface area contributed by atoms with Crippen LogP contribution in [-0.4, -0.2) is 19.6 Å². The molecule has 0 aliphatic carbocycles. The fourth-order valence-corrected chi connectivity index (χ4v) is 4.37. The van der Waals surface area contributed by atoms with Crippen LogP contribution in [0.25, 0.3) is 11.0 Å². The third-order valence-electron chi connectivity index (χ3n) is 5.67. The lowest BCUT2D eigenvalue weighted by Crippen LogP contribution is -2.29. The fraction of sp³-hybridized carbons (Fsp3) is 0.154. The maximum absolute atomic E-state index is 13.6. The van der Waals surface area contributed by atoms with Crippen LogP contribution in [0.2, 0.25) is 5.02 Å². The molecule has 1 unspecified atom stereocenters. The molecule has 2 heterocycles. The maximum atomic E-state index is 13.6. The Kier molecular flexibility index (Phi) is 5.30. The molecule has 5 rings (SSSR count). The Hall–Kier alpha value is -3.77. The minimum atomic E-state index is -0.685. The minimum absolute atomic E-state index is 0.0246. The van der Waals surface area contributed by atoms with E-state index in [9.17, 15) is 9.59 Å². The molecule has 0 spiro atoms. The van der Waals surface area contributed by atoms with Crippen LogP contribution in [0.3, 0.4) is 0 Å². The second-order valence-corrected chi connectivity index (χ2v) is 8.03. The van der Waals surface area contributed by atoms with Gasteiger partial charge in [-0.3, -0.25) is 14.5 Å². The van der Waals surface area contributed by atoms with Gasteiger partial charge in [0.05, 0.1) is 30.7 Å². The van der Waals surface area contributed by atoms with Crippen molar-refractivity contribution < 1.29 is 18.7 Å². The van der Waals surface area contributed by atoms with Gasteiger partial charge in [-0.2, -0.15) is 0 Å². The Morgan fingerprint density at radius 2 is 1.79 bits per heavy atom. The number of halogens is 1. The summed E-state index contributed by atoms with van der Waals surface area (Å²) < 4.78 is 16.9. The number of carbonyl (C=O) groups is 1. The predicted molar refractivity (Wildman–Crippen MR) is 127 cm³/mol. The molecule has 33 heavy (non-hydrogen) atoms. The average Bonchev–Trinajstić information content (AvgIpc) is 3.13. The average molecular weight is 462 g/mol. The molecule has 0 fully saturated rings. The first-order valence-corrected chi connectivity index (χ1v) is 10.9. The maximum Gasteiger partial charge on any atom is 0.295 e. The number of anilines is 1. The van der Waals surface area contributed by atoms with Crippen molar-refractivity contribution in [2.75, 3.05) is 18.6 Å². The van der Waals surface area contributed by atoms with Gasteiger partial charge in [-0.1, -0.05) is 29.8 Å². The molecule has 3 aromatic carbocycles. The largest absolute Gasteiger partial charge is 0.497 e. The molecule has 0 radical (unpaired) electrons. The summed E-state index contributed by atoms with van der Waals surface area (Å²) in [4.78, 5) is 28.8. The zero-order chi connectivity index (χ0) is 23.1. The quantitative estimate of drug-likeness (QED) is 0.386. The van der Waals surface area contributed by atoms with Gasteiger partial charge in [0.1, 0.15) is 17.1 Å². The lowest BCUT2D eigenvalue weighted by molar-refractivity contribution is 0.0971. The zero-order valence-electron chi connectivity index (χ0n) is 18.0. The van der Waals surface area contributed by atoms with Crippen LogP contribution in [0.1, 0.15) is 34.6 Å². The van der Waals surface area contributed by atoms with Crippen molar-refractivity contribution in [3.63, 3.8) is 0 Å². The highest BCUT2D eigenvalue weighted by molar-refractivity contribution is 6.31. The number of carbonyl (C=O) groups excluding carboxylic acids is 1. The molecular weight excluding hydrogens is 442 g/mol. The lowest BCUT2D eigenvalue weighted by Gasteiger charge is -2.25. The molecular formula is C26H20ClNO5. The highest BCUT2D eigenvalue weighted by Crippen LogP contribution is 2.42. The van der Waals surface area contributed by atoms with E-state index >= 15 is 0 Å². The summed E-state index contributed by atoms with van der Waals surface area (Å²) in [7, 11) is 1.56. The van der Waals surface area contributed by atoms with E-state index in [1.165, 1.54) is 0 Å². The van der Waals surface area contributed by atoms with Crippen molar-refractivity contribution in [3.05, 3.63) is 98.9 Å². The Labute approximate surface area is 194 Å². The molecule has 1 amide bonds. The summed E-state index contributed by atoms with van der Waals surface area (Å²) >= 11 is 6.14. The molecule has 166 valence electrons. The Morgan fingerprint density at radius 1 is 1.00 bits per heavy atom. The number of benzene rings is 3. The number of methoxy groups -OCH3 is 1. The minimum Gasteiger partial charge on any atom is -0.497 e. The van der Waals surface area contributed by atoms with Crippen LogP contribution in [-0.2, 0) is 0 Å². The van der Waals surface area contributed by atoms with Crippen molar-refractivity contribution >= 4 is 34.2 Å². The van der Waals surface area contributed by atoms with Crippen LogP contribution in [0.15, 0.2) is 75.9 Å². The van der Waals surface area contributed by atoms with Gasteiger partial charge < -0.3 is 13.9 Å². The topological polar surface area (TPSA) is 69.0 Å². The second kappa shape index (κ2) is 8.30. The highest BCUT2D eigenvalue weighted by atomic mass is 35.5. The van der Waals surface area contributed by atoms with Crippen LogP contribution in [0.5, 0.6) is 11.5 Å². The molecule has 1 aromatic heterocycles. The van der Waals surface area contributed by atoms with E-state index in [1.54, 1.807) is 54.5 Å². The molecule has 1 aliphatic heterocycles. The predicted octanol–water partition coefficient (Wildman–Crippen LogP) is 5.60. The number of hydrogen-bond donors (Lipinski definition) is 0. The molecule has 0 saturated carbocycles. The number of ether oxygens (including phenoxy) is 2. The molecule has 0 N–H and O–H groups in total. The summed E-state index contributed by atoms with van der Waals surface area (Å²) in [6.07, 6.45) is 0. The lowest BCUT2D eigenvalue weighted by atomic mass is 9.98. The van der Waals surface area contributed by atoms with Gasteiger partial charge in [-0.25, -0.2) is 0 Å². The van der Waals surface area contributed by atoms with Crippen molar-refractivity contribution in [2.24, 2.45) is 0 Å². The zero-order valence-corrected chi connectivity index (χ0v) is 18.8. The van der Waals surface area contributed by atoms with E-state index in [4.69, 9.17) is 25.5 Å². The summed E-state index contributed by atoms with van der Waals surface area (Å²) in [5.41, 5.74) is 1.65. The van der Waals surface area contributed by atoms with E-state index in [-0.39, 0.29) is 16.8 Å². The van der Waals surface area contributed by atoms with E-state index < -0.39 is 11.9 Å². The molecule has 0 bridgehead atoms. The van der Waals surface area contributed by atoms with Gasteiger partial charge in [0.25, 0.3) is 5.91 Å². The number of fused-ring (bicyclic) bond motifs is 2. The third-order valence-corrected chi connectivity index (χ3v) is 5.91. The van der Waals surface area contributed by atoms with Crippen molar-refractivity contribution in [3.8, 4) is 11.5 Å². The van der Waals surface area contributed by atoms with Gasteiger partial charge >= 0.3 is 0 Å². The molecule has 4 aromatic rings. The molecule has 1 aliphatic rings. The van der Waals surface area contributed by atoms with Gasteiger partial charge in [-0.05, 0) is 55.0 Å². The summed E-state index contributed by atoms with van der Waals surface area (Å²) in [6, 6.07) is 18.6. The Morgan fingerprint density at radius 3 is 2.52 bits per heavy atom. The van der Waals surface area contributed by atoms with Crippen molar-refractivity contribution in [1.29, 1.82) is 0 Å². The molecule has 0 saturated heterocycles. The summed E-state index contributed by atoms with van der Waals surface area (Å²) in [6.45, 7) is 2.45. The second-order valence-electron chi connectivity index (χ2n) is 7.60. The van der Waals surface area contributed by atoms with E-state index in [1.807, 2.05) is 31.2 Å². The van der Waals surface area contributed by atoms with Gasteiger partial charge in [0, 0.05) is 16.8 Å². The number of hydrogen-bond acceptors (Lipinski definition) is 5. The monoisotopic (exact) mass is 461 g/mol. The van der Waals surface area contributed by atoms with E-state index in [2.05, 4.69) is 0 Å². The van der Waals surface area contributed by atoms with Gasteiger partial charge in [-0.15, -0.1) is 0 Å². The highest BCUT2D eigenvalue weighted by Gasteiger charge is 2.43. The first-order chi connectivity index (χ1) is 16.0. The Bertz CT molecular complexity index is 1430. The third kappa shape index (κ3) is 3.52. The molecule has 1 atom stereocenters.